The molecule has 0 aromatic heterocycles. The molecule has 0 radical (unpaired) electrons. The number of halogens is 3. The van der Waals surface area contributed by atoms with Gasteiger partial charge in [0.2, 0.25) is 0 Å². The molecule has 1 aromatic rings. The van der Waals surface area contributed by atoms with E-state index in [2.05, 4.69) is 55.8 Å². The van der Waals surface area contributed by atoms with Crippen LogP contribution < -0.4 is 4.74 Å². The fourth-order valence-corrected chi connectivity index (χ4v) is 4.51. The normalized spacial score (nSPS) is 16.7. The Bertz CT molecular complexity index is 1220. The van der Waals surface area contributed by atoms with Crippen molar-refractivity contribution in [2.75, 3.05) is 7.11 Å². The minimum Gasteiger partial charge on any atom is -0.497 e. The first-order valence-electron chi connectivity index (χ1n) is 10.8. The van der Waals surface area contributed by atoms with Crippen molar-refractivity contribution in [3.63, 3.8) is 0 Å². The lowest BCUT2D eigenvalue weighted by atomic mass is 10.0. The van der Waals surface area contributed by atoms with E-state index in [0.717, 1.165) is 0 Å². The van der Waals surface area contributed by atoms with E-state index in [9.17, 15) is 21.6 Å². The van der Waals surface area contributed by atoms with E-state index in [1.807, 2.05) is 0 Å². The van der Waals surface area contributed by atoms with Gasteiger partial charge in [0.15, 0.2) is 8.32 Å². The molecule has 1 unspecified atom stereocenters. The van der Waals surface area contributed by atoms with Gasteiger partial charge in [-0.2, -0.15) is 21.6 Å². The predicted molar refractivity (Wildman–Crippen MR) is 131 cm³/mol. The second-order valence-corrected chi connectivity index (χ2v) is 15.7. The SMILES string of the molecule is C#CC(O[Si](C)(C)C(C)(C)C)c1ccc(OC)cc1C#C/C=C1/CCC=C1OS(=O)(=O)C(F)(F)F. The third-order valence-electron chi connectivity index (χ3n) is 5.91. The maximum absolute atomic E-state index is 12.7. The number of alkyl halides is 3. The third-order valence-corrected chi connectivity index (χ3v) is 11.3. The average molecular weight is 527 g/mol. The molecule has 0 saturated carbocycles. The van der Waals surface area contributed by atoms with E-state index >= 15 is 0 Å². The molecule has 1 atom stereocenters. The predicted octanol–water partition coefficient (Wildman–Crippen LogP) is 6.21. The van der Waals surface area contributed by atoms with Crippen LogP contribution in [0.15, 0.2) is 41.7 Å². The summed E-state index contributed by atoms with van der Waals surface area (Å²) in [4.78, 5) is 0. The summed E-state index contributed by atoms with van der Waals surface area (Å²) < 4.78 is 76.8. The topological polar surface area (TPSA) is 61.8 Å². The lowest BCUT2D eigenvalue weighted by Gasteiger charge is -2.38. The maximum Gasteiger partial charge on any atom is 0.534 e. The highest BCUT2D eigenvalue weighted by atomic mass is 32.2. The van der Waals surface area contributed by atoms with Gasteiger partial charge in [0, 0.05) is 16.7 Å². The summed E-state index contributed by atoms with van der Waals surface area (Å²) in [6.07, 6.45) is 8.41. The molecule has 0 N–H and O–H groups in total. The summed E-state index contributed by atoms with van der Waals surface area (Å²) in [5, 5.41) is -0.0766. The molecule has 0 heterocycles. The molecule has 2 rings (SSSR count). The smallest absolute Gasteiger partial charge is 0.497 e. The molecule has 0 bridgehead atoms. The van der Waals surface area contributed by atoms with Crippen molar-refractivity contribution < 1.29 is 34.9 Å². The largest absolute Gasteiger partial charge is 0.534 e. The van der Waals surface area contributed by atoms with Crippen molar-refractivity contribution in [1.82, 2.24) is 0 Å². The quantitative estimate of drug-likeness (QED) is 0.191. The Balaban J connectivity index is 2.41. The second-order valence-electron chi connectivity index (χ2n) is 9.41. The molecular weight excluding hydrogens is 497 g/mol. The Morgan fingerprint density at radius 1 is 1.20 bits per heavy atom. The van der Waals surface area contributed by atoms with Crippen LogP contribution in [-0.2, 0) is 18.7 Å². The number of rotatable bonds is 6. The standard InChI is InChI=1S/C25H29F3O5SSi/c1-8-22(33-35(6,7)24(2,3)4)21-16-15-20(31-5)17-19(21)13-9-11-18-12-10-14-23(18)32-34(29,30)25(26,27)28/h1,11,14-17,22H,10,12H2,2-7H3/b18-11-. The van der Waals surface area contributed by atoms with Crippen LogP contribution in [-0.4, -0.2) is 29.4 Å². The molecular formula is C25H29F3O5SSi. The Kier molecular flexibility index (Phi) is 8.60. The fraction of sp³-hybridized carbons (Fsp3) is 0.440. The Hall–Kier alpha value is -2.66. The van der Waals surface area contributed by atoms with Gasteiger partial charge < -0.3 is 13.3 Å². The first-order chi connectivity index (χ1) is 16.0. The molecule has 0 saturated heterocycles. The van der Waals surface area contributed by atoms with Gasteiger partial charge in [0.1, 0.15) is 17.6 Å². The van der Waals surface area contributed by atoms with Crippen LogP contribution >= 0.6 is 0 Å². The molecule has 1 aromatic carbocycles. The van der Waals surface area contributed by atoms with Crippen molar-refractivity contribution in [3.05, 3.63) is 52.8 Å². The summed E-state index contributed by atoms with van der Waals surface area (Å²) in [7, 11) is -6.48. The molecule has 0 fully saturated rings. The molecule has 5 nitrogen and oxygen atoms in total. The van der Waals surface area contributed by atoms with Gasteiger partial charge in [-0.3, -0.25) is 0 Å². The highest BCUT2D eigenvalue weighted by Gasteiger charge is 2.49. The maximum atomic E-state index is 12.7. The number of ether oxygens (including phenoxy) is 1. The summed E-state index contributed by atoms with van der Waals surface area (Å²) >= 11 is 0. The van der Waals surface area contributed by atoms with Crippen LogP contribution in [0.25, 0.3) is 0 Å². The lowest BCUT2D eigenvalue weighted by Crippen LogP contribution is -2.41. The van der Waals surface area contributed by atoms with Gasteiger partial charge in [0.25, 0.3) is 0 Å². The van der Waals surface area contributed by atoms with E-state index in [0.29, 0.717) is 29.7 Å². The zero-order valence-electron chi connectivity index (χ0n) is 20.5. The highest BCUT2D eigenvalue weighted by molar-refractivity contribution is 7.87. The van der Waals surface area contributed by atoms with E-state index in [1.54, 1.807) is 18.2 Å². The minimum atomic E-state index is -5.76. The van der Waals surface area contributed by atoms with Crippen LogP contribution in [0, 0.1) is 24.2 Å². The van der Waals surface area contributed by atoms with Crippen LogP contribution in [0.1, 0.15) is 50.8 Å². The van der Waals surface area contributed by atoms with Gasteiger partial charge in [-0.15, -0.1) is 6.42 Å². The zero-order chi connectivity index (χ0) is 26.7. The van der Waals surface area contributed by atoms with Gasteiger partial charge >= 0.3 is 15.6 Å². The molecule has 0 spiro atoms. The Morgan fingerprint density at radius 3 is 2.40 bits per heavy atom. The van der Waals surface area contributed by atoms with Crippen molar-refractivity contribution in [1.29, 1.82) is 0 Å². The fourth-order valence-electron chi connectivity index (χ4n) is 2.87. The number of benzene rings is 1. The van der Waals surface area contributed by atoms with Gasteiger partial charge in [-0.25, -0.2) is 0 Å². The van der Waals surface area contributed by atoms with Crippen LogP contribution in [0.4, 0.5) is 13.2 Å². The monoisotopic (exact) mass is 526 g/mol. The van der Waals surface area contributed by atoms with E-state index < -0.39 is 30.0 Å². The van der Waals surface area contributed by atoms with Crippen LogP contribution in [0.2, 0.25) is 18.1 Å². The number of hydrogen-bond donors (Lipinski definition) is 0. The molecule has 1 aliphatic rings. The van der Waals surface area contributed by atoms with Gasteiger partial charge in [-0.05, 0) is 55.3 Å². The van der Waals surface area contributed by atoms with Crippen molar-refractivity contribution in [2.45, 2.75) is 63.4 Å². The molecule has 0 aliphatic heterocycles. The van der Waals surface area contributed by atoms with Crippen molar-refractivity contribution in [2.24, 2.45) is 0 Å². The molecule has 1 aliphatic carbocycles. The second kappa shape index (κ2) is 10.5. The van der Waals surface area contributed by atoms with Crippen molar-refractivity contribution in [3.8, 4) is 29.9 Å². The van der Waals surface area contributed by atoms with Crippen LogP contribution in [0.3, 0.4) is 0 Å². The Labute approximate surface area is 206 Å². The molecule has 35 heavy (non-hydrogen) atoms. The first kappa shape index (κ1) is 28.6. The van der Waals surface area contributed by atoms with Gasteiger partial charge in [0.05, 0.1) is 7.11 Å². The number of terminal acetylenes is 1. The van der Waals surface area contributed by atoms with E-state index in [4.69, 9.17) is 15.6 Å². The van der Waals surface area contributed by atoms with E-state index in [1.165, 1.54) is 19.3 Å². The number of allylic oxidation sites excluding steroid dienone is 3. The number of hydrogen-bond acceptors (Lipinski definition) is 5. The Morgan fingerprint density at radius 2 is 1.86 bits per heavy atom. The number of methoxy groups -OCH3 is 1. The van der Waals surface area contributed by atoms with E-state index in [-0.39, 0.29) is 16.4 Å². The third kappa shape index (κ3) is 6.94. The highest BCUT2D eigenvalue weighted by Crippen LogP contribution is 2.40. The minimum absolute atomic E-state index is 0.0766. The molecule has 0 amide bonds. The van der Waals surface area contributed by atoms with Crippen LogP contribution in [0.5, 0.6) is 5.75 Å². The average Bonchev–Trinajstić information content (AvgIpc) is 3.16. The lowest BCUT2D eigenvalue weighted by molar-refractivity contribution is -0.0520. The zero-order valence-corrected chi connectivity index (χ0v) is 22.4. The summed E-state index contributed by atoms with van der Waals surface area (Å²) in [6.45, 7) is 10.5. The summed E-state index contributed by atoms with van der Waals surface area (Å²) in [6, 6.07) is 5.20. The van der Waals surface area contributed by atoms with Gasteiger partial charge in [-0.1, -0.05) is 44.6 Å². The molecule has 10 heteroatoms. The molecule has 190 valence electrons. The van der Waals surface area contributed by atoms with Crippen molar-refractivity contribution >= 4 is 18.4 Å². The first-order valence-corrected chi connectivity index (χ1v) is 15.1. The summed E-state index contributed by atoms with van der Waals surface area (Å²) in [5.41, 5.74) is -4.09. The summed E-state index contributed by atoms with van der Waals surface area (Å²) in [5.74, 6) is 8.59.